The van der Waals surface area contributed by atoms with Crippen molar-refractivity contribution in [1.29, 1.82) is 0 Å². The highest BCUT2D eigenvalue weighted by molar-refractivity contribution is 6.42. The van der Waals surface area contributed by atoms with Gasteiger partial charge in [0.25, 0.3) is 0 Å². The smallest absolute Gasteiger partial charge is 0.152 e. The van der Waals surface area contributed by atoms with Crippen molar-refractivity contribution < 1.29 is 0 Å². The van der Waals surface area contributed by atoms with Crippen LogP contribution in [-0.2, 0) is 13.1 Å². The zero-order valence-corrected chi connectivity index (χ0v) is 13.8. The summed E-state index contributed by atoms with van der Waals surface area (Å²) < 4.78 is 0. The van der Waals surface area contributed by atoms with Crippen molar-refractivity contribution in [2.45, 2.75) is 13.1 Å². The van der Waals surface area contributed by atoms with E-state index in [1.807, 2.05) is 18.2 Å². The van der Waals surface area contributed by atoms with Crippen LogP contribution in [0.4, 0.5) is 0 Å². The molecule has 0 saturated carbocycles. The molecular weight excluding hydrogens is 341 g/mol. The first-order valence-corrected chi connectivity index (χ1v) is 7.82. The summed E-state index contributed by atoms with van der Waals surface area (Å²) >= 11 is 18.2. The Balaban J connectivity index is 1.78. The Hall–Kier alpha value is -1.39. The lowest BCUT2D eigenvalue weighted by Gasteiger charge is -2.08. The zero-order valence-electron chi connectivity index (χ0n) is 11.5. The lowest BCUT2D eigenvalue weighted by Crippen LogP contribution is -2.14. The third kappa shape index (κ3) is 3.50. The number of nitrogens with zero attached hydrogens (tertiary/aromatic N) is 2. The molecule has 0 saturated heterocycles. The van der Waals surface area contributed by atoms with E-state index < -0.39 is 0 Å². The van der Waals surface area contributed by atoms with Crippen LogP contribution >= 0.6 is 34.8 Å². The van der Waals surface area contributed by atoms with E-state index >= 15 is 0 Å². The van der Waals surface area contributed by atoms with Crippen molar-refractivity contribution in [3.63, 3.8) is 0 Å². The molecule has 0 radical (unpaired) electrons. The normalized spacial score (nSPS) is 11.0. The maximum atomic E-state index is 6.19. The van der Waals surface area contributed by atoms with E-state index in [0.717, 1.165) is 6.54 Å². The standard InChI is InChI=1S/C16H12Cl3N3/c17-11-6-13-14(7-12(11)18)22-16(19)15(21-13)9-20-8-10-4-2-1-3-5-10/h1-7,20H,8-9H2. The van der Waals surface area contributed by atoms with Crippen LogP contribution in [0.15, 0.2) is 42.5 Å². The highest BCUT2D eigenvalue weighted by atomic mass is 35.5. The molecule has 3 rings (SSSR count). The average Bonchev–Trinajstić information content (AvgIpc) is 2.51. The number of hydrogen-bond donors (Lipinski definition) is 1. The third-order valence-corrected chi connectivity index (χ3v) is 4.22. The van der Waals surface area contributed by atoms with Crippen LogP contribution in [0.1, 0.15) is 11.3 Å². The quantitative estimate of drug-likeness (QED) is 0.727. The minimum Gasteiger partial charge on any atom is -0.307 e. The molecule has 6 heteroatoms. The molecule has 3 aromatic rings. The van der Waals surface area contributed by atoms with E-state index in [2.05, 4.69) is 27.4 Å². The van der Waals surface area contributed by atoms with Gasteiger partial charge in [0.1, 0.15) is 0 Å². The molecule has 0 aliphatic carbocycles. The van der Waals surface area contributed by atoms with Crippen molar-refractivity contribution in [3.05, 3.63) is 68.9 Å². The molecule has 0 atom stereocenters. The maximum Gasteiger partial charge on any atom is 0.152 e. The number of nitrogens with one attached hydrogen (secondary N) is 1. The van der Waals surface area contributed by atoms with Crippen LogP contribution in [0.5, 0.6) is 0 Å². The fourth-order valence-corrected chi connectivity index (χ4v) is 2.62. The summed E-state index contributed by atoms with van der Waals surface area (Å²) in [6.45, 7) is 1.26. The molecule has 0 spiro atoms. The molecule has 1 heterocycles. The largest absolute Gasteiger partial charge is 0.307 e. The van der Waals surface area contributed by atoms with Crippen LogP contribution in [0.3, 0.4) is 0 Å². The van der Waals surface area contributed by atoms with Gasteiger partial charge in [-0.15, -0.1) is 0 Å². The molecular formula is C16H12Cl3N3. The molecule has 1 aromatic heterocycles. The Labute approximate surface area is 143 Å². The number of fused-ring (bicyclic) bond motifs is 1. The van der Waals surface area contributed by atoms with Gasteiger partial charge in [0, 0.05) is 13.1 Å². The molecule has 1 N–H and O–H groups in total. The number of benzene rings is 2. The van der Waals surface area contributed by atoms with E-state index in [0.29, 0.717) is 38.5 Å². The summed E-state index contributed by atoms with van der Waals surface area (Å²) in [5.41, 5.74) is 3.19. The van der Waals surface area contributed by atoms with Crippen molar-refractivity contribution in [3.8, 4) is 0 Å². The van der Waals surface area contributed by atoms with Gasteiger partial charge in [-0.3, -0.25) is 0 Å². The summed E-state index contributed by atoms with van der Waals surface area (Å²) in [4.78, 5) is 8.83. The summed E-state index contributed by atoms with van der Waals surface area (Å²) in [5, 5.41) is 4.56. The van der Waals surface area contributed by atoms with Crippen molar-refractivity contribution in [2.24, 2.45) is 0 Å². The summed E-state index contributed by atoms with van der Waals surface area (Å²) in [5.74, 6) is 0. The molecule has 0 amide bonds. The van der Waals surface area contributed by atoms with Crippen molar-refractivity contribution in [1.82, 2.24) is 15.3 Å². The molecule has 0 aliphatic rings. The molecule has 0 bridgehead atoms. The minimum atomic E-state index is 0.367. The van der Waals surface area contributed by atoms with Crippen molar-refractivity contribution >= 4 is 45.8 Å². The van der Waals surface area contributed by atoms with Gasteiger partial charge in [0.15, 0.2) is 5.15 Å². The highest BCUT2D eigenvalue weighted by Crippen LogP contribution is 2.27. The van der Waals surface area contributed by atoms with E-state index in [-0.39, 0.29) is 0 Å². The Kier molecular flexibility index (Phi) is 4.79. The highest BCUT2D eigenvalue weighted by Gasteiger charge is 2.09. The lowest BCUT2D eigenvalue weighted by molar-refractivity contribution is 0.680. The Morgan fingerprint density at radius 1 is 0.818 bits per heavy atom. The second-order valence-electron chi connectivity index (χ2n) is 4.81. The van der Waals surface area contributed by atoms with Crippen LogP contribution in [0.25, 0.3) is 11.0 Å². The predicted octanol–water partition coefficient (Wildman–Crippen LogP) is 4.88. The first-order valence-electron chi connectivity index (χ1n) is 6.69. The SMILES string of the molecule is Clc1cc2nc(Cl)c(CNCc3ccccc3)nc2cc1Cl. The fraction of sp³-hybridized carbons (Fsp3) is 0.125. The Morgan fingerprint density at radius 2 is 1.45 bits per heavy atom. The van der Waals surface area contributed by atoms with Crippen LogP contribution in [0.2, 0.25) is 15.2 Å². The maximum absolute atomic E-state index is 6.19. The van der Waals surface area contributed by atoms with Crippen LogP contribution in [-0.4, -0.2) is 9.97 Å². The average molecular weight is 353 g/mol. The van der Waals surface area contributed by atoms with Gasteiger partial charge in [0.05, 0.1) is 26.8 Å². The first kappa shape index (κ1) is 15.5. The second kappa shape index (κ2) is 6.80. The number of hydrogen-bond acceptors (Lipinski definition) is 3. The zero-order chi connectivity index (χ0) is 15.5. The Morgan fingerprint density at radius 3 is 2.14 bits per heavy atom. The van der Waals surface area contributed by atoms with Gasteiger partial charge in [-0.2, -0.15) is 0 Å². The lowest BCUT2D eigenvalue weighted by atomic mass is 10.2. The summed E-state index contributed by atoms with van der Waals surface area (Å²) in [6.07, 6.45) is 0. The minimum absolute atomic E-state index is 0.367. The molecule has 0 fully saturated rings. The van der Waals surface area contributed by atoms with Crippen molar-refractivity contribution in [2.75, 3.05) is 0 Å². The fourth-order valence-electron chi connectivity index (χ4n) is 2.10. The first-order chi connectivity index (χ1) is 10.6. The molecule has 112 valence electrons. The van der Waals surface area contributed by atoms with Gasteiger partial charge >= 0.3 is 0 Å². The van der Waals surface area contributed by atoms with E-state index in [1.54, 1.807) is 12.1 Å². The van der Waals surface area contributed by atoms with Gasteiger partial charge < -0.3 is 5.32 Å². The summed E-state index contributed by atoms with van der Waals surface area (Å²) in [6, 6.07) is 13.5. The molecule has 0 aliphatic heterocycles. The number of halogens is 3. The van der Waals surface area contributed by atoms with Crippen LogP contribution < -0.4 is 5.32 Å². The van der Waals surface area contributed by atoms with Gasteiger partial charge in [-0.05, 0) is 17.7 Å². The molecule has 2 aromatic carbocycles. The molecule has 3 nitrogen and oxygen atoms in total. The predicted molar refractivity (Wildman–Crippen MR) is 91.6 cm³/mol. The molecule has 22 heavy (non-hydrogen) atoms. The summed E-state index contributed by atoms with van der Waals surface area (Å²) in [7, 11) is 0. The Bertz CT molecular complexity index is 807. The molecule has 0 unspecified atom stereocenters. The topological polar surface area (TPSA) is 37.8 Å². The third-order valence-electron chi connectivity index (χ3n) is 3.19. The van der Waals surface area contributed by atoms with Gasteiger partial charge in [0.2, 0.25) is 0 Å². The van der Waals surface area contributed by atoms with E-state index in [4.69, 9.17) is 34.8 Å². The van der Waals surface area contributed by atoms with Gasteiger partial charge in [-0.25, -0.2) is 9.97 Å². The second-order valence-corrected chi connectivity index (χ2v) is 5.98. The monoisotopic (exact) mass is 351 g/mol. The van der Waals surface area contributed by atoms with E-state index in [1.165, 1.54) is 5.56 Å². The van der Waals surface area contributed by atoms with Gasteiger partial charge in [-0.1, -0.05) is 65.1 Å². The number of rotatable bonds is 4. The van der Waals surface area contributed by atoms with E-state index in [9.17, 15) is 0 Å². The number of aromatic nitrogens is 2. The van der Waals surface area contributed by atoms with Crippen LogP contribution in [0, 0.1) is 0 Å².